The second-order valence-corrected chi connectivity index (χ2v) is 4.16. The van der Waals surface area contributed by atoms with Gasteiger partial charge in [0.05, 0.1) is 12.1 Å². The normalized spacial score (nSPS) is 12.7. The van der Waals surface area contributed by atoms with E-state index in [2.05, 4.69) is 15.7 Å². The molecule has 0 atom stereocenters. The van der Waals surface area contributed by atoms with Crippen molar-refractivity contribution >= 4 is 5.96 Å². The van der Waals surface area contributed by atoms with Crippen LogP contribution in [0.3, 0.4) is 0 Å². The second-order valence-electron chi connectivity index (χ2n) is 4.16. The zero-order valence-electron chi connectivity index (χ0n) is 10.7. The lowest BCUT2D eigenvalue weighted by molar-refractivity contribution is 0.139. The number of nitrogens with two attached hydrogens (primary N) is 1. The van der Waals surface area contributed by atoms with Crippen LogP contribution in [0, 0.1) is 0 Å². The minimum Gasteiger partial charge on any atom is -0.385 e. The Balaban J connectivity index is 4.07. The van der Waals surface area contributed by atoms with Gasteiger partial charge in [-0.05, 0) is 20.3 Å². The Bertz CT molecular complexity index is 207. The summed E-state index contributed by atoms with van der Waals surface area (Å²) in [6.45, 7) is 5.97. The van der Waals surface area contributed by atoms with E-state index in [1.165, 1.54) is 0 Å². The van der Waals surface area contributed by atoms with Crippen LogP contribution in [-0.4, -0.2) is 45.5 Å². The van der Waals surface area contributed by atoms with E-state index in [4.69, 9.17) is 15.3 Å². The number of guanidine groups is 1. The molecule has 0 bridgehead atoms. The Hall–Kier alpha value is -0.850. The van der Waals surface area contributed by atoms with Crippen LogP contribution in [0.1, 0.15) is 20.3 Å². The molecule has 0 rings (SSSR count). The first-order valence-corrected chi connectivity index (χ1v) is 5.33. The highest BCUT2D eigenvalue weighted by atomic mass is 16.5. The monoisotopic (exact) mass is 232 g/mol. The summed E-state index contributed by atoms with van der Waals surface area (Å²) < 4.78 is 10.0. The molecule has 0 aliphatic heterocycles. The predicted molar refractivity (Wildman–Crippen MR) is 65.2 cm³/mol. The van der Waals surface area contributed by atoms with E-state index in [0.717, 1.165) is 6.42 Å². The van der Waals surface area contributed by atoms with Crippen molar-refractivity contribution in [3.05, 3.63) is 0 Å². The third kappa shape index (κ3) is 7.44. The molecule has 6 heteroatoms. The first-order chi connectivity index (χ1) is 7.55. The molecule has 0 aliphatic rings. The van der Waals surface area contributed by atoms with Crippen LogP contribution in [0.4, 0.5) is 0 Å². The number of nitrogens with one attached hydrogen (secondary N) is 2. The number of hydrogen-bond acceptors (Lipinski definition) is 4. The van der Waals surface area contributed by atoms with Gasteiger partial charge in [0.25, 0.3) is 0 Å². The Morgan fingerprint density at radius 2 is 2.00 bits per heavy atom. The topological polar surface area (TPSA) is 80.9 Å². The minimum atomic E-state index is -0.207. The van der Waals surface area contributed by atoms with Gasteiger partial charge in [0.2, 0.25) is 5.96 Å². The van der Waals surface area contributed by atoms with E-state index in [0.29, 0.717) is 25.7 Å². The Kier molecular flexibility index (Phi) is 7.88. The van der Waals surface area contributed by atoms with Crippen molar-refractivity contribution in [2.24, 2.45) is 10.8 Å². The number of hydrazine groups is 1. The van der Waals surface area contributed by atoms with E-state index in [9.17, 15) is 0 Å². The van der Waals surface area contributed by atoms with Crippen LogP contribution in [0.5, 0.6) is 0 Å². The highest BCUT2D eigenvalue weighted by Crippen LogP contribution is 2.01. The van der Waals surface area contributed by atoms with Crippen molar-refractivity contribution in [2.45, 2.75) is 25.8 Å². The van der Waals surface area contributed by atoms with Crippen molar-refractivity contribution in [1.82, 2.24) is 10.7 Å². The molecule has 0 aliphatic carbocycles. The molecular formula is C10H24N4O2. The number of hydrogen-bond donors (Lipinski definition) is 3. The van der Waals surface area contributed by atoms with Crippen molar-refractivity contribution in [1.29, 1.82) is 0 Å². The van der Waals surface area contributed by atoms with Crippen molar-refractivity contribution in [3.8, 4) is 0 Å². The summed E-state index contributed by atoms with van der Waals surface area (Å²) in [6.07, 6.45) is 0.869. The molecule has 0 aromatic carbocycles. The smallest absolute Gasteiger partial charge is 0.206 e. The maximum atomic E-state index is 5.38. The fourth-order valence-corrected chi connectivity index (χ4v) is 1.24. The molecule has 0 spiro atoms. The van der Waals surface area contributed by atoms with Crippen molar-refractivity contribution in [2.75, 3.05) is 34.0 Å². The molecule has 0 radical (unpaired) electrons. The summed E-state index contributed by atoms with van der Waals surface area (Å²) >= 11 is 0. The molecule has 0 amide bonds. The van der Waals surface area contributed by atoms with E-state index in [1.54, 1.807) is 14.2 Å². The molecule has 0 aromatic rings. The minimum absolute atomic E-state index is 0.207. The van der Waals surface area contributed by atoms with Gasteiger partial charge in [0.15, 0.2) is 0 Å². The summed E-state index contributed by atoms with van der Waals surface area (Å²) in [5, 5.41) is 3.17. The van der Waals surface area contributed by atoms with Crippen LogP contribution in [0.15, 0.2) is 4.99 Å². The van der Waals surface area contributed by atoms with Gasteiger partial charge in [0.1, 0.15) is 0 Å². The molecule has 96 valence electrons. The van der Waals surface area contributed by atoms with Crippen LogP contribution in [0.2, 0.25) is 0 Å². The van der Waals surface area contributed by atoms with Gasteiger partial charge in [0, 0.05) is 27.4 Å². The maximum Gasteiger partial charge on any atom is 0.206 e. The second kappa shape index (κ2) is 8.32. The Morgan fingerprint density at radius 3 is 2.50 bits per heavy atom. The lowest BCUT2D eigenvalue weighted by Crippen LogP contribution is -2.53. The lowest BCUT2D eigenvalue weighted by atomic mass is 10.1. The van der Waals surface area contributed by atoms with Gasteiger partial charge in [-0.15, -0.1) is 0 Å². The zero-order valence-corrected chi connectivity index (χ0v) is 10.7. The number of aliphatic imine (C=N–C) groups is 1. The van der Waals surface area contributed by atoms with Gasteiger partial charge in [-0.25, -0.2) is 5.84 Å². The van der Waals surface area contributed by atoms with Gasteiger partial charge in [-0.2, -0.15) is 0 Å². The molecule has 0 fully saturated rings. The highest BCUT2D eigenvalue weighted by molar-refractivity contribution is 5.79. The predicted octanol–water partition coefficient (Wildman–Crippen LogP) is -0.143. The summed E-state index contributed by atoms with van der Waals surface area (Å²) in [4.78, 5) is 4.28. The fourth-order valence-electron chi connectivity index (χ4n) is 1.24. The average molecular weight is 232 g/mol. The summed E-state index contributed by atoms with van der Waals surface area (Å²) in [7, 11) is 3.33. The standard InChI is InChI=1S/C10H24N4O2/c1-10(2,8-16-4)13-9(14-11)12-6-5-7-15-3/h5-8,11H2,1-4H3,(H2,12,13,14). The number of methoxy groups -OCH3 is 2. The lowest BCUT2D eigenvalue weighted by Gasteiger charge is -2.26. The quantitative estimate of drug-likeness (QED) is 0.187. The van der Waals surface area contributed by atoms with Crippen LogP contribution in [-0.2, 0) is 9.47 Å². The molecule has 16 heavy (non-hydrogen) atoms. The van der Waals surface area contributed by atoms with E-state index < -0.39 is 0 Å². The van der Waals surface area contributed by atoms with Gasteiger partial charge in [-0.3, -0.25) is 10.4 Å². The van der Waals surface area contributed by atoms with E-state index >= 15 is 0 Å². The van der Waals surface area contributed by atoms with E-state index in [1.807, 2.05) is 13.8 Å². The molecular weight excluding hydrogens is 208 g/mol. The third-order valence-electron chi connectivity index (χ3n) is 1.88. The average Bonchev–Trinajstić information content (AvgIpc) is 2.22. The number of rotatable bonds is 7. The molecule has 4 N–H and O–H groups in total. The number of ether oxygens (including phenoxy) is 2. The number of nitrogens with zero attached hydrogens (tertiary/aromatic N) is 1. The van der Waals surface area contributed by atoms with Gasteiger partial charge in [-0.1, -0.05) is 0 Å². The fraction of sp³-hybridized carbons (Fsp3) is 0.900. The third-order valence-corrected chi connectivity index (χ3v) is 1.88. The summed E-state index contributed by atoms with van der Waals surface area (Å²) in [5.41, 5.74) is 2.33. The Morgan fingerprint density at radius 1 is 1.31 bits per heavy atom. The van der Waals surface area contributed by atoms with Crippen molar-refractivity contribution in [3.63, 3.8) is 0 Å². The SMILES string of the molecule is COCCCN=C(NN)NC(C)(C)COC. The zero-order chi connectivity index (χ0) is 12.4. The molecule has 0 saturated carbocycles. The summed E-state index contributed by atoms with van der Waals surface area (Å²) in [6, 6.07) is 0. The largest absolute Gasteiger partial charge is 0.385 e. The molecule has 0 aromatic heterocycles. The van der Waals surface area contributed by atoms with Crippen LogP contribution in [0.25, 0.3) is 0 Å². The van der Waals surface area contributed by atoms with Gasteiger partial charge < -0.3 is 14.8 Å². The van der Waals surface area contributed by atoms with Gasteiger partial charge >= 0.3 is 0 Å². The first kappa shape index (κ1) is 15.2. The molecule has 0 unspecified atom stereocenters. The maximum absolute atomic E-state index is 5.38. The molecule has 6 nitrogen and oxygen atoms in total. The Labute approximate surface area is 97.6 Å². The first-order valence-electron chi connectivity index (χ1n) is 5.33. The van der Waals surface area contributed by atoms with E-state index in [-0.39, 0.29) is 5.54 Å². The molecule has 0 saturated heterocycles. The van der Waals surface area contributed by atoms with Crippen LogP contribution >= 0.6 is 0 Å². The van der Waals surface area contributed by atoms with Crippen molar-refractivity contribution < 1.29 is 9.47 Å². The molecule has 0 heterocycles. The summed E-state index contributed by atoms with van der Waals surface area (Å²) in [5.74, 6) is 5.94. The van der Waals surface area contributed by atoms with Crippen LogP contribution < -0.4 is 16.6 Å². The highest BCUT2D eigenvalue weighted by Gasteiger charge is 2.18.